The summed E-state index contributed by atoms with van der Waals surface area (Å²) in [4.78, 5) is 22.1. The Labute approximate surface area is 166 Å². The van der Waals surface area contributed by atoms with Crippen molar-refractivity contribution in [3.63, 3.8) is 0 Å². The van der Waals surface area contributed by atoms with E-state index in [2.05, 4.69) is 11.1 Å². The Morgan fingerprint density at radius 3 is 2.52 bits per heavy atom. The molecular formula is C21H18ClN3OS. The first-order chi connectivity index (χ1) is 13.0. The molecule has 2 aromatic heterocycles. The average molecular weight is 396 g/mol. The van der Waals surface area contributed by atoms with Crippen LogP contribution in [0.25, 0.3) is 21.8 Å². The van der Waals surface area contributed by atoms with E-state index in [-0.39, 0.29) is 11.6 Å². The van der Waals surface area contributed by atoms with Gasteiger partial charge < -0.3 is 0 Å². The summed E-state index contributed by atoms with van der Waals surface area (Å²) in [6, 6.07) is 17.4. The predicted molar refractivity (Wildman–Crippen MR) is 113 cm³/mol. The van der Waals surface area contributed by atoms with E-state index in [1.807, 2.05) is 62.4 Å². The van der Waals surface area contributed by atoms with E-state index >= 15 is 0 Å². The molecule has 0 unspecified atom stereocenters. The molecule has 0 radical (unpaired) electrons. The van der Waals surface area contributed by atoms with Crippen LogP contribution in [0.1, 0.15) is 25.5 Å². The van der Waals surface area contributed by atoms with Gasteiger partial charge in [-0.15, -0.1) is 0 Å². The molecular weight excluding hydrogens is 378 g/mol. The van der Waals surface area contributed by atoms with Crippen molar-refractivity contribution in [3.05, 3.63) is 75.7 Å². The molecule has 0 amide bonds. The zero-order valence-corrected chi connectivity index (χ0v) is 16.6. The van der Waals surface area contributed by atoms with Crippen LogP contribution in [0.3, 0.4) is 0 Å². The van der Waals surface area contributed by atoms with Gasteiger partial charge in [-0.25, -0.2) is 9.97 Å². The Balaban J connectivity index is 1.74. The van der Waals surface area contributed by atoms with E-state index in [1.165, 1.54) is 11.8 Å². The molecule has 4 nitrogen and oxygen atoms in total. The highest BCUT2D eigenvalue weighted by Gasteiger charge is 2.15. The van der Waals surface area contributed by atoms with Crippen LogP contribution in [-0.2, 0) is 5.75 Å². The fourth-order valence-electron chi connectivity index (χ4n) is 3.06. The van der Waals surface area contributed by atoms with Gasteiger partial charge in [-0.2, -0.15) is 0 Å². The van der Waals surface area contributed by atoms with Gasteiger partial charge in [0, 0.05) is 22.7 Å². The first-order valence-electron chi connectivity index (χ1n) is 8.73. The van der Waals surface area contributed by atoms with Crippen molar-refractivity contribution in [2.75, 3.05) is 0 Å². The SMILES string of the molecule is CC(C)n1c(SCc2cc3ccccc3nc2Cl)nc2ccccc2c1=O. The first-order valence-corrected chi connectivity index (χ1v) is 10.1. The van der Waals surface area contributed by atoms with Crippen molar-refractivity contribution in [2.24, 2.45) is 0 Å². The number of hydrogen-bond donors (Lipinski definition) is 0. The minimum atomic E-state index is -0.0131. The quantitative estimate of drug-likeness (QED) is 0.261. The highest BCUT2D eigenvalue weighted by Crippen LogP contribution is 2.28. The van der Waals surface area contributed by atoms with Crippen molar-refractivity contribution < 1.29 is 0 Å². The van der Waals surface area contributed by atoms with E-state index in [0.29, 0.717) is 27.0 Å². The van der Waals surface area contributed by atoms with Crippen LogP contribution in [0.2, 0.25) is 5.15 Å². The van der Waals surface area contributed by atoms with E-state index < -0.39 is 0 Å². The van der Waals surface area contributed by atoms with Crippen LogP contribution < -0.4 is 5.56 Å². The van der Waals surface area contributed by atoms with Gasteiger partial charge in [0.2, 0.25) is 0 Å². The Hall–Kier alpha value is -2.37. The number of halogens is 1. The number of fused-ring (bicyclic) bond motifs is 2. The van der Waals surface area contributed by atoms with E-state index in [1.54, 1.807) is 4.57 Å². The molecule has 0 N–H and O–H groups in total. The summed E-state index contributed by atoms with van der Waals surface area (Å²) in [7, 11) is 0. The van der Waals surface area contributed by atoms with Crippen LogP contribution in [-0.4, -0.2) is 14.5 Å². The number of nitrogens with zero attached hydrogens (tertiary/aromatic N) is 3. The standard InChI is InChI=1S/C21H18ClN3OS/c1-13(2)25-20(26)16-8-4-6-10-18(16)24-21(25)27-12-15-11-14-7-3-5-9-17(14)23-19(15)22/h3-11,13H,12H2,1-2H3. The molecule has 6 heteroatoms. The van der Waals surface area contributed by atoms with Crippen molar-refractivity contribution in [2.45, 2.75) is 30.8 Å². The lowest BCUT2D eigenvalue weighted by molar-refractivity contribution is 0.519. The van der Waals surface area contributed by atoms with Gasteiger partial charge >= 0.3 is 0 Å². The summed E-state index contributed by atoms with van der Waals surface area (Å²) in [5.74, 6) is 0.591. The molecule has 0 saturated heterocycles. The van der Waals surface area contributed by atoms with Crippen LogP contribution in [0.5, 0.6) is 0 Å². The molecule has 4 rings (SSSR count). The minimum Gasteiger partial charge on any atom is -0.285 e. The molecule has 136 valence electrons. The van der Waals surface area contributed by atoms with E-state index in [9.17, 15) is 4.79 Å². The number of pyridine rings is 1. The molecule has 0 aliphatic rings. The van der Waals surface area contributed by atoms with Crippen LogP contribution >= 0.6 is 23.4 Å². The number of hydrogen-bond acceptors (Lipinski definition) is 4. The largest absolute Gasteiger partial charge is 0.285 e. The second kappa shape index (κ2) is 7.33. The summed E-state index contributed by atoms with van der Waals surface area (Å²) in [6.45, 7) is 3.99. The number of para-hydroxylation sites is 2. The third-order valence-electron chi connectivity index (χ3n) is 4.40. The molecule has 2 heterocycles. The third kappa shape index (κ3) is 3.45. The predicted octanol–water partition coefficient (Wildman–Crippen LogP) is 5.47. The Morgan fingerprint density at radius 1 is 1.04 bits per heavy atom. The maximum atomic E-state index is 12.9. The van der Waals surface area contributed by atoms with Crippen LogP contribution in [0.4, 0.5) is 0 Å². The second-order valence-electron chi connectivity index (χ2n) is 6.60. The molecule has 0 bridgehead atoms. The third-order valence-corrected chi connectivity index (χ3v) is 5.73. The van der Waals surface area contributed by atoms with E-state index in [4.69, 9.17) is 16.6 Å². The fraction of sp³-hybridized carbons (Fsp3) is 0.190. The summed E-state index contributed by atoms with van der Waals surface area (Å²) < 4.78 is 1.75. The van der Waals surface area contributed by atoms with Gasteiger partial charge in [0.25, 0.3) is 5.56 Å². The van der Waals surface area contributed by atoms with Crippen LogP contribution in [0.15, 0.2) is 64.5 Å². The molecule has 0 aliphatic carbocycles. The molecule has 0 fully saturated rings. The lowest BCUT2D eigenvalue weighted by Gasteiger charge is -2.16. The average Bonchev–Trinajstić information content (AvgIpc) is 2.66. The van der Waals surface area contributed by atoms with Gasteiger partial charge in [0.05, 0.1) is 16.4 Å². The Kier molecular flexibility index (Phi) is 4.89. The van der Waals surface area contributed by atoms with Crippen molar-refractivity contribution in [1.82, 2.24) is 14.5 Å². The molecule has 2 aromatic carbocycles. The second-order valence-corrected chi connectivity index (χ2v) is 7.90. The summed E-state index contributed by atoms with van der Waals surface area (Å²) in [5.41, 5.74) is 2.50. The summed E-state index contributed by atoms with van der Waals surface area (Å²) >= 11 is 7.89. The van der Waals surface area contributed by atoms with Crippen molar-refractivity contribution in [3.8, 4) is 0 Å². The number of benzene rings is 2. The molecule has 0 spiro atoms. The monoisotopic (exact) mass is 395 g/mol. The first kappa shape index (κ1) is 18.0. The summed E-state index contributed by atoms with van der Waals surface area (Å²) in [6.07, 6.45) is 0. The molecule has 27 heavy (non-hydrogen) atoms. The smallest absolute Gasteiger partial charge is 0.262 e. The van der Waals surface area contributed by atoms with Crippen molar-refractivity contribution in [1.29, 1.82) is 0 Å². The summed E-state index contributed by atoms with van der Waals surface area (Å²) in [5, 5.41) is 2.87. The topological polar surface area (TPSA) is 47.8 Å². The van der Waals surface area contributed by atoms with Gasteiger partial charge in [0.1, 0.15) is 5.15 Å². The zero-order chi connectivity index (χ0) is 19.0. The number of rotatable bonds is 4. The van der Waals surface area contributed by atoms with E-state index in [0.717, 1.165) is 16.5 Å². The number of aromatic nitrogens is 3. The lowest BCUT2D eigenvalue weighted by atomic mass is 10.2. The van der Waals surface area contributed by atoms with Gasteiger partial charge in [-0.3, -0.25) is 9.36 Å². The lowest BCUT2D eigenvalue weighted by Crippen LogP contribution is -2.25. The maximum Gasteiger partial charge on any atom is 0.262 e. The maximum absolute atomic E-state index is 12.9. The van der Waals surface area contributed by atoms with Crippen LogP contribution in [0, 0.1) is 0 Å². The minimum absolute atomic E-state index is 0.0131. The fourth-order valence-corrected chi connectivity index (χ4v) is 4.45. The highest BCUT2D eigenvalue weighted by molar-refractivity contribution is 7.98. The van der Waals surface area contributed by atoms with Gasteiger partial charge in [-0.05, 0) is 38.1 Å². The molecule has 0 aliphatic heterocycles. The zero-order valence-electron chi connectivity index (χ0n) is 15.0. The molecule has 0 saturated carbocycles. The van der Waals surface area contributed by atoms with Crippen molar-refractivity contribution >= 4 is 45.2 Å². The number of thioether (sulfide) groups is 1. The van der Waals surface area contributed by atoms with Gasteiger partial charge in [-0.1, -0.05) is 53.7 Å². The highest BCUT2D eigenvalue weighted by atomic mass is 35.5. The Morgan fingerprint density at radius 2 is 1.74 bits per heavy atom. The normalized spacial score (nSPS) is 11.6. The van der Waals surface area contributed by atoms with Gasteiger partial charge in [0.15, 0.2) is 5.16 Å². The Bertz CT molecular complexity index is 1200. The molecule has 4 aromatic rings. The molecule has 0 atom stereocenters.